The van der Waals surface area contributed by atoms with Crippen LogP contribution in [-0.2, 0) is 16.8 Å². The Kier molecular flexibility index (Phi) is 4.28. The summed E-state index contributed by atoms with van der Waals surface area (Å²) >= 11 is 0. The van der Waals surface area contributed by atoms with E-state index in [0.717, 1.165) is 12.2 Å². The van der Waals surface area contributed by atoms with Gasteiger partial charge in [0.05, 0.1) is 23.8 Å². The molecule has 0 atom stereocenters. The van der Waals surface area contributed by atoms with Gasteiger partial charge in [-0.3, -0.25) is 0 Å². The topological polar surface area (TPSA) is 47.4 Å². The highest BCUT2D eigenvalue weighted by atomic mass is 16.6. The van der Waals surface area contributed by atoms with Crippen molar-refractivity contribution in [3.05, 3.63) is 18.2 Å². The van der Waals surface area contributed by atoms with Gasteiger partial charge < -0.3 is 14.2 Å². The van der Waals surface area contributed by atoms with Crippen molar-refractivity contribution in [2.75, 3.05) is 7.05 Å². The first-order valence-corrected chi connectivity index (χ1v) is 6.57. The van der Waals surface area contributed by atoms with Crippen LogP contribution in [-0.4, -0.2) is 33.2 Å². The third kappa shape index (κ3) is 3.49. The van der Waals surface area contributed by atoms with Gasteiger partial charge in [-0.15, -0.1) is 0 Å². The number of carbonyl (C=O) groups excluding carboxylic acids is 1. The zero-order valence-corrected chi connectivity index (χ0v) is 13.0. The molecule has 1 aromatic heterocycles. The molecule has 0 aromatic carbocycles. The van der Waals surface area contributed by atoms with Crippen molar-refractivity contribution in [2.45, 2.75) is 59.2 Å². The maximum atomic E-state index is 12.2. The Morgan fingerprint density at radius 2 is 1.95 bits per heavy atom. The summed E-state index contributed by atoms with van der Waals surface area (Å²) in [4.78, 5) is 17.9. The molecule has 5 heteroatoms. The average Bonchev–Trinajstić information content (AvgIpc) is 2.74. The second-order valence-electron chi connectivity index (χ2n) is 6.16. The minimum atomic E-state index is -0.494. The number of nitrogens with zero attached hydrogens (tertiary/aromatic N) is 3. The lowest BCUT2D eigenvalue weighted by molar-refractivity contribution is 0.00917. The third-order valence-corrected chi connectivity index (χ3v) is 3.19. The van der Waals surface area contributed by atoms with E-state index in [2.05, 4.69) is 11.9 Å². The highest BCUT2D eigenvalue weighted by Gasteiger charge is 2.34. The molecule has 0 saturated carbocycles. The lowest BCUT2D eigenvalue weighted by Crippen LogP contribution is -2.46. The van der Waals surface area contributed by atoms with Crippen LogP contribution in [0.2, 0.25) is 0 Å². The number of imidazole rings is 1. The van der Waals surface area contributed by atoms with E-state index in [1.165, 1.54) is 0 Å². The van der Waals surface area contributed by atoms with Crippen LogP contribution >= 0.6 is 0 Å². The summed E-state index contributed by atoms with van der Waals surface area (Å²) in [6, 6.07) is 0. The maximum Gasteiger partial charge on any atom is 0.410 e. The molecule has 0 saturated heterocycles. The van der Waals surface area contributed by atoms with Gasteiger partial charge in [0.15, 0.2) is 0 Å². The van der Waals surface area contributed by atoms with E-state index < -0.39 is 11.1 Å². The lowest BCUT2D eigenvalue weighted by Gasteiger charge is -2.37. The molecule has 1 aromatic rings. The molecule has 0 unspecified atom stereocenters. The van der Waals surface area contributed by atoms with Gasteiger partial charge in [-0.2, -0.15) is 0 Å². The van der Waals surface area contributed by atoms with Gasteiger partial charge >= 0.3 is 6.09 Å². The third-order valence-electron chi connectivity index (χ3n) is 3.19. The Balaban J connectivity index is 2.97. The first kappa shape index (κ1) is 15.5. The summed E-state index contributed by atoms with van der Waals surface area (Å²) in [7, 11) is 1.75. The predicted molar refractivity (Wildman–Crippen MR) is 74.9 cm³/mol. The number of hydrogen-bond acceptors (Lipinski definition) is 3. The number of aryl methyl sites for hydroxylation is 1. The number of hydrogen-bond donors (Lipinski definition) is 0. The molecule has 5 nitrogen and oxygen atoms in total. The van der Waals surface area contributed by atoms with Crippen molar-refractivity contribution in [3.8, 4) is 0 Å². The van der Waals surface area contributed by atoms with Crippen LogP contribution in [0.15, 0.2) is 12.5 Å². The van der Waals surface area contributed by atoms with Crippen LogP contribution in [0.1, 0.15) is 47.2 Å². The number of carbonyl (C=O) groups is 1. The molecule has 0 spiro atoms. The van der Waals surface area contributed by atoms with Crippen LogP contribution in [0, 0.1) is 0 Å². The zero-order valence-electron chi connectivity index (χ0n) is 13.0. The molecule has 0 N–H and O–H groups in total. The Labute approximate surface area is 115 Å². The molecule has 19 heavy (non-hydrogen) atoms. The molecule has 1 heterocycles. The fourth-order valence-corrected chi connectivity index (χ4v) is 1.81. The molecular formula is C14H25N3O2. The predicted octanol–water partition coefficient (Wildman–Crippen LogP) is 3.01. The SMILES string of the molecule is CCn1cncc1C(C)(C)N(C)C(=O)OC(C)(C)C. The Bertz CT molecular complexity index is 444. The molecule has 0 radical (unpaired) electrons. The van der Waals surface area contributed by atoms with Crippen molar-refractivity contribution in [3.63, 3.8) is 0 Å². The summed E-state index contributed by atoms with van der Waals surface area (Å²) in [5.74, 6) is 0. The van der Waals surface area contributed by atoms with E-state index in [9.17, 15) is 4.79 Å². The quantitative estimate of drug-likeness (QED) is 0.845. The van der Waals surface area contributed by atoms with Gasteiger partial charge in [-0.1, -0.05) is 0 Å². The standard InChI is InChI=1S/C14H25N3O2/c1-8-17-10-15-9-11(17)14(5,6)16(7)12(18)19-13(2,3)4/h9-10H,8H2,1-7H3. The van der Waals surface area contributed by atoms with Crippen molar-refractivity contribution in [1.29, 1.82) is 0 Å². The van der Waals surface area contributed by atoms with E-state index >= 15 is 0 Å². The van der Waals surface area contributed by atoms with E-state index in [0.29, 0.717) is 0 Å². The van der Waals surface area contributed by atoms with Crippen LogP contribution < -0.4 is 0 Å². The second kappa shape index (κ2) is 5.23. The minimum Gasteiger partial charge on any atom is -0.444 e. The smallest absolute Gasteiger partial charge is 0.410 e. The van der Waals surface area contributed by atoms with Crippen molar-refractivity contribution in [1.82, 2.24) is 14.5 Å². The fraction of sp³-hybridized carbons (Fsp3) is 0.714. The van der Waals surface area contributed by atoms with Gasteiger partial charge in [-0.25, -0.2) is 9.78 Å². The summed E-state index contributed by atoms with van der Waals surface area (Å²) in [6.07, 6.45) is 3.24. The Morgan fingerprint density at radius 3 is 2.42 bits per heavy atom. The highest BCUT2D eigenvalue weighted by molar-refractivity contribution is 5.69. The molecule has 1 amide bonds. The molecule has 0 aliphatic rings. The van der Waals surface area contributed by atoms with Crippen LogP contribution in [0.3, 0.4) is 0 Å². The second-order valence-corrected chi connectivity index (χ2v) is 6.16. The molecule has 0 aliphatic carbocycles. The van der Waals surface area contributed by atoms with Crippen molar-refractivity contribution in [2.24, 2.45) is 0 Å². The zero-order chi connectivity index (χ0) is 14.8. The van der Waals surface area contributed by atoms with E-state index in [1.807, 2.05) is 39.2 Å². The van der Waals surface area contributed by atoms with Gasteiger partial charge in [0.25, 0.3) is 0 Å². The molecule has 0 bridgehead atoms. The van der Waals surface area contributed by atoms with Crippen LogP contribution in [0.25, 0.3) is 0 Å². The number of rotatable bonds is 3. The Hall–Kier alpha value is -1.52. The van der Waals surface area contributed by atoms with E-state index in [4.69, 9.17) is 4.74 Å². The molecule has 0 aliphatic heterocycles. The number of aromatic nitrogens is 2. The van der Waals surface area contributed by atoms with Crippen molar-refractivity contribution < 1.29 is 9.53 Å². The minimum absolute atomic E-state index is 0.332. The fourth-order valence-electron chi connectivity index (χ4n) is 1.81. The lowest BCUT2D eigenvalue weighted by atomic mass is 9.99. The monoisotopic (exact) mass is 267 g/mol. The normalized spacial score (nSPS) is 12.4. The number of ether oxygens (including phenoxy) is 1. The first-order chi connectivity index (χ1) is 8.59. The van der Waals surface area contributed by atoms with Gasteiger partial charge in [-0.05, 0) is 41.5 Å². The molecule has 1 rings (SSSR count). The van der Waals surface area contributed by atoms with Crippen LogP contribution in [0.4, 0.5) is 4.79 Å². The largest absolute Gasteiger partial charge is 0.444 e. The average molecular weight is 267 g/mol. The van der Waals surface area contributed by atoms with Gasteiger partial charge in [0.1, 0.15) is 5.60 Å². The Morgan fingerprint density at radius 1 is 1.37 bits per heavy atom. The summed E-state index contributed by atoms with van der Waals surface area (Å²) in [5, 5.41) is 0. The van der Waals surface area contributed by atoms with Crippen molar-refractivity contribution >= 4 is 6.09 Å². The van der Waals surface area contributed by atoms with Gasteiger partial charge in [0.2, 0.25) is 0 Å². The van der Waals surface area contributed by atoms with E-state index in [1.54, 1.807) is 24.5 Å². The summed E-state index contributed by atoms with van der Waals surface area (Å²) in [6.45, 7) is 12.4. The molecule has 108 valence electrons. The van der Waals surface area contributed by atoms with Crippen LogP contribution in [0.5, 0.6) is 0 Å². The maximum absolute atomic E-state index is 12.2. The highest BCUT2D eigenvalue weighted by Crippen LogP contribution is 2.27. The summed E-state index contributed by atoms with van der Waals surface area (Å²) in [5.41, 5.74) is 0.0183. The van der Waals surface area contributed by atoms with E-state index in [-0.39, 0.29) is 6.09 Å². The summed E-state index contributed by atoms with van der Waals surface area (Å²) < 4.78 is 7.44. The van der Waals surface area contributed by atoms with Gasteiger partial charge in [0, 0.05) is 13.6 Å². The molecular weight excluding hydrogens is 242 g/mol. The number of amides is 1. The first-order valence-electron chi connectivity index (χ1n) is 6.57. The molecule has 0 fully saturated rings.